The van der Waals surface area contributed by atoms with E-state index in [0.29, 0.717) is 5.75 Å². The quantitative estimate of drug-likeness (QED) is 0.406. The second-order valence-electron chi connectivity index (χ2n) is 7.93. The van der Waals surface area contributed by atoms with Crippen molar-refractivity contribution in [2.75, 3.05) is 32.1 Å². The number of phenolic OH excluding ortho intramolecular Hbond substituents is 1. The fourth-order valence-corrected chi connectivity index (χ4v) is 5.81. The lowest BCUT2D eigenvalue weighted by Crippen LogP contribution is -2.28. The first-order valence-electron chi connectivity index (χ1n) is 10.3. The number of hydrogen-bond donors (Lipinski definition) is 1. The van der Waals surface area contributed by atoms with Gasteiger partial charge >= 0.3 is 0 Å². The molecule has 2 aromatic carbocycles. The van der Waals surface area contributed by atoms with E-state index in [0.717, 1.165) is 23.7 Å². The first kappa shape index (κ1) is 21.7. The van der Waals surface area contributed by atoms with Crippen LogP contribution in [0.3, 0.4) is 0 Å². The number of thioether (sulfide) groups is 1. The van der Waals surface area contributed by atoms with E-state index in [1.54, 1.807) is 17.8 Å². The summed E-state index contributed by atoms with van der Waals surface area (Å²) in [5.74, 6) is 0.310. The molecule has 1 N–H and O–H groups in total. The van der Waals surface area contributed by atoms with Crippen molar-refractivity contribution in [3.8, 4) is 5.75 Å². The van der Waals surface area contributed by atoms with Gasteiger partial charge in [0, 0.05) is 30.1 Å². The van der Waals surface area contributed by atoms with E-state index < -0.39 is 0 Å². The minimum absolute atomic E-state index is 0.310. The Hall–Kier alpha value is -2.54. The number of thiazole rings is 1. The summed E-state index contributed by atoms with van der Waals surface area (Å²) in [5, 5.41) is 12.2. The summed E-state index contributed by atoms with van der Waals surface area (Å²) in [7, 11) is 6.29. The zero-order valence-corrected chi connectivity index (χ0v) is 20.0. The SMILES string of the molecule is Cc1ccc2c(c1)sc(/C=C/C=C/C=C1\Sc3cc(O)ccc3N1CCN(C)C)[n+]2C. The molecular weight excluding hydrogens is 422 g/mol. The number of hydrogen-bond acceptors (Lipinski definition) is 5. The number of phenols is 1. The summed E-state index contributed by atoms with van der Waals surface area (Å²) in [6.45, 7) is 4.00. The highest BCUT2D eigenvalue weighted by Crippen LogP contribution is 2.47. The summed E-state index contributed by atoms with van der Waals surface area (Å²) in [5.41, 5.74) is 3.72. The van der Waals surface area contributed by atoms with Crippen LogP contribution in [-0.2, 0) is 7.05 Å². The van der Waals surface area contributed by atoms with Crippen molar-refractivity contribution >= 4 is 45.1 Å². The normalized spacial score (nSPS) is 15.4. The molecule has 0 aliphatic carbocycles. The van der Waals surface area contributed by atoms with Gasteiger partial charge in [-0.15, -0.1) is 0 Å². The summed E-state index contributed by atoms with van der Waals surface area (Å²) >= 11 is 3.51. The largest absolute Gasteiger partial charge is 0.508 e. The monoisotopic (exact) mass is 450 g/mol. The number of likely N-dealkylation sites (N-methyl/N-ethyl adjacent to an activating group) is 1. The maximum atomic E-state index is 9.85. The van der Waals surface area contributed by atoms with Crippen molar-refractivity contribution < 1.29 is 9.67 Å². The van der Waals surface area contributed by atoms with Crippen LogP contribution in [0.4, 0.5) is 5.69 Å². The Morgan fingerprint density at radius 2 is 1.94 bits per heavy atom. The average molecular weight is 451 g/mol. The zero-order valence-electron chi connectivity index (χ0n) is 18.4. The Morgan fingerprint density at radius 1 is 1.10 bits per heavy atom. The highest BCUT2D eigenvalue weighted by Gasteiger charge is 2.24. The number of aromatic nitrogens is 1. The van der Waals surface area contributed by atoms with Crippen LogP contribution >= 0.6 is 23.1 Å². The summed E-state index contributed by atoms with van der Waals surface area (Å²) in [6.07, 6.45) is 10.6. The topological polar surface area (TPSA) is 30.6 Å². The van der Waals surface area contributed by atoms with Gasteiger partial charge in [-0.2, -0.15) is 4.57 Å². The van der Waals surface area contributed by atoms with Gasteiger partial charge in [0.1, 0.15) is 17.5 Å². The Bertz CT molecular complexity index is 1190. The van der Waals surface area contributed by atoms with Crippen molar-refractivity contribution in [2.45, 2.75) is 11.8 Å². The Balaban J connectivity index is 1.51. The lowest BCUT2D eigenvalue weighted by atomic mass is 10.2. The molecule has 0 unspecified atom stereocenters. The van der Waals surface area contributed by atoms with Gasteiger partial charge in [0.25, 0.3) is 5.01 Å². The van der Waals surface area contributed by atoms with Crippen LogP contribution in [0.15, 0.2) is 70.6 Å². The van der Waals surface area contributed by atoms with Gasteiger partial charge in [0.2, 0.25) is 5.52 Å². The van der Waals surface area contributed by atoms with E-state index in [-0.39, 0.29) is 0 Å². The third-order valence-corrected chi connectivity index (χ3v) is 7.49. The molecule has 31 heavy (non-hydrogen) atoms. The highest BCUT2D eigenvalue weighted by atomic mass is 32.2. The summed E-state index contributed by atoms with van der Waals surface area (Å²) in [4.78, 5) is 5.61. The maximum Gasteiger partial charge on any atom is 0.262 e. The fourth-order valence-electron chi connectivity index (χ4n) is 3.51. The van der Waals surface area contributed by atoms with E-state index in [1.807, 2.05) is 23.5 Å². The van der Waals surface area contributed by atoms with Gasteiger partial charge < -0.3 is 14.9 Å². The molecule has 160 valence electrons. The van der Waals surface area contributed by atoms with Crippen molar-refractivity contribution in [1.29, 1.82) is 0 Å². The molecule has 3 aromatic rings. The molecule has 1 aliphatic rings. The number of fused-ring (bicyclic) bond motifs is 2. The van der Waals surface area contributed by atoms with Crippen LogP contribution in [0.1, 0.15) is 10.6 Å². The van der Waals surface area contributed by atoms with Crippen LogP contribution in [0, 0.1) is 6.92 Å². The maximum absolute atomic E-state index is 9.85. The van der Waals surface area contributed by atoms with Gasteiger partial charge in [0.05, 0.1) is 10.7 Å². The number of benzene rings is 2. The lowest BCUT2D eigenvalue weighted by Gasteiger charge is -2.22. The molecule has 0 bridgehead atoms. The number of aryl methyl sites for hydroxylation is 2. The van der Waals surface area contributed by atoms with Gasteiger partial charge in [0.15, 0.2) is 0 Å². The molecule has 0 fully saturated rings. The van der Waals surface area contributed by atoms with Gasteiger partial charge in [-0.05, 0) is 56.9 Å². The molecule has 0 spiro atoms. The molecule has 1 aromatic heterocycles. The molecule has 6 heteroatoms. The van der Waals surface area contributed by atoms with E-state index in [9.17, 15) is 5.11 Å². The van der Waals surface area contributed by atoms with Crippen LogP contribution in [-0.4, -0.2) is 37.2 Å². The molecule has 0 atom stereocenters. The van der Waals surface area contributed by atoms with Crippen molar-refractivity contribution in [2.24, 2.45) is 7.05 Å². The number of allylic oxidation sites excluding steroid dienone is 4. The van der Waals surface area contributed by atoms with Crippen LogP contribution in [0.2, 0.25) is 0 Å². The molecule has 1 aliphatic heterocycles. The standard InChI is InChI=1S/C25H27N3OS2/c1-18-10-12-20-22(16-18)30-24(27(20)4)8-6-5-7-9-25-28(15-14-26(2)3)21-13-11-19(29)17-23(21)31-25/h5-13,16-17H,14-15H2,1-4H3/p+1. The van der Waals surface area contributed by atoms with Crippen LogP contribution < -0.4 is 9.47 Å². The number of rotatable bonds is 6. The van der Waals surface area contributed by atoms with Gasteiger partial charge in [-0.1, -0.05) is 47.4 Å². The lowest BCUT2D eigenvalue weighted by molar-refractivity contribution is -0.642. The molecule has 2 heterocycles. The molecule has 0 saturated heterocycles. The molecular formula is C25H28N3OS2+. The molecule has 0 saturated carbocycles. The number of aromatic hydroxyl groups is 1. The second kappa shape index (κ2) is 9.30. The highest BCUT2D eigenvalue weighted by molar-refractivity contribution is 8.03. The molecule has 0 radical (unpaired) electrons. The van der Waals surface area contributed by atoms with Crippen LogP contribution in [0.25, 0.3) is 16.3 Å². The van der Waals surface area contributed by atoms with Crippen molar-refractivity contribution in [3.05, 3.63) is 76.3 Å². The average Bonchev–Trinajstić information content (AvgIpc) is 3.22. The van der Waals surface area contributed by atoms with Gasteiger partial charge in [-0.25, -0.2) is 0 Å². The fraction of sp³-hybridized carbons (Fsp3) is 0.240. The minimum atomic E-state index is 0.310. The number of nitrogens with zero attached hydrogens (tertiary/aromatic N) is 3. The summed E-state index contributed by atoms with van der Waals surface area (Å²) in [6, 6.07) is 12.2. The van der Waals surface area contributed by atoms with Gasteiger partial charge in [-0.3, -0.25) is 0 Å². The predicted molar refractivity (Wildman–Crippen MR) is 134 cm³/mol. The van der Waals surface area contributed by atoms with E-state index in [4.69, 9.17) is 0 Å². The first-order chi connectivity index (χ1) is 14.9. The predicted octanol–water partition coefficient (Wildman–Crippen LogP) is 5.32. The Kier molecular flexibility index (Phi) is 6.51. The zero-order chi connectivity index (χ0) is 22.0. The molecule has 0 amide bonds. The van der Waals surface area contributed by atoms with Crippen molar-refractivity contribution in [3.63, 3.8) is 0 Å². The Labute approximate surface area is 192 Å². The van der Waals surface area contributed by atoms with E-state index in [2.05, 4.69) is 91.0 Å². The molecule has 4 nitrogen and oxygen atoms in total. The van der Waals surface area contributed by atoms with Crippen LogP contribution in [0.5, 0.6) is 5.75 Å². The first-order valence-corrected chi connectivity index (χ1v) is 11.9. The third-order valence-electron chi connectivity index (χ3n) is 5.21. The number of anilines is 1. The van der Waals surface area contributed by atoms with E-state index in [1.165, 1.54) is 25.8 Å². The third kappa shape index (κ3) is 4.87. The minimum Gasteiger partial charge on any atom is -0.508 e. The molecule has 4 rings (SSSR count). The smallest absolute Gasteiger partial charge is 0.262 e. The van der Waals surface area contributed by atoms with Crippen molar-refractivity contribution in [1.82, 2.24) is 4.90 Å². The second-order valence-corrected chi connectivity index (χ2v) is 10.1. The summed E-state index contributed by atoms with van der Waals surface area (Å²) < 4.78 is 3.55. The Morgan fingerprint density at radius 3 is 2.74 bits per heavy atom. The van der Waals surface area contributed by atoms with E-state index >= 15 is 0 Å².